The lowest BCUT2D eigenvalue weighted by atomic mass is 9.81. The van der Waals surface area contributed by atoms with Crippen LogP contribution in [0.3, 0.4) is 0 Å². The number of nitrogens with one attached hydrogen (secondary N) is 1. The summed E-state index contributed by atoms with van der Waals surface area (Å²) in [6, 6.07) is 0. The van der Waals surface area contributed by atoms with Crippen molar-refractivity contribution in [2.45, 2.75) is 19.3 Å². The third-order valence-electron chi connectivity index (χ3n) is 2.26. The summed E-state index contributed by atoms with van der Waals surface area (Å²) in [6.07, 6.45) is -2.23. The highest BCUT2D eigenvalue weighted by Crippen LogP contribution is 2.33. The zero-order valence-electron chi connectivity index (χ0n) is 6.93. The minimum atomic E-state index is -2.79. The van der Waals surface area contributed by atoms with Gasteiger partial charge in [0, 0.05) is 6.54 Å². The Morgan fingerprint density at radius 2 is 2.15 bits per heavy atom. The first-order valence-corrected chi connectivity index (χ1v) is 3.82. The lowest BCUT2D eigenvalue weighted by Crippen LogP contribution is -2.50. The minimum Gasteiger partial charge on any atom is -0.481 e. The predicted molar refractivity (Wildman–Crippen MR) is 45.4 cm³/mol. The fraction of sp³-hybridized carbons (Fsp3) is 0.857. The molecular formula is C7H12ClF2NO2. The molecule has 1 unspecified atom stereocenters. The first-order valence-electron chi connectivity index (χ1n) is 3.82. The van der Waals surface area contributed by atoms with Crippen LogP contribution in [-0.2, 0) is 4.79 Å². The van der Waals surface area contributed by atoms with Crippen LogP contribution in [-0.4, -0.2) is 30.6 Å². The number of carbonyl (C=O) groups is 1. The van der Waals surface area contributed by atoms with E-state index in [4.69, 9.17) is 5.11 Å². The molecule has 1 aliphatic rings. The molecule has 0 saturated carbocycles. The van der Waals surface area contributed by atoms with Crippen molar-refractivity contribution in [3.8, 4) is 0 Å². The topological polar surface area (TPSA) is 49.3 Å². The zero-order valence-corrected chi connectivity index (χ0v) is 7.74. The molecule has 78 valence electrons. The summed E-state index contributed by atoms with van der Waals surface area (Å²) in [5, 5.41) is 11.3. The van der Waals surface area contributed by atoms with Gasteiger partial charge in [0.05, 0.1) is 0 Å². The van der Waals surface area contributed by atoms with E-state index in [0.717, 1.165) is 0 Å². The quantitative estimate of drug-likeness (QED) is 0.726. The molecule has 1 saturated heterocycles. The van der Waals surface area contributed by atoms with Gasteiger partial charge in [-0.25, -0.2) is 8.78 Å². The highest BCUT2D eigenvalue weighted by molar-refractivity contribution is 5.85. The molecule has 0 bridgehead atoms. The molecule has 2 N–H and O–H groups in total. The Hall–Kier alpha value is -0.420. The Morgan fingerprint density at radius 3 is 2.38 bits per heavy atom. The van der Waals surface area contributed by atoms with E-state index in [1.807, 2.05) is 0 Å². The van der Waals surface area contributed by atoms with Gasteiger partial charge in [0.15, 0.2) is 0 Å². The van der Waals surface area contributed by atoms with Gasteiger partial charge < -0.3 is 10.4 Å². The Morgan fingerprint density at radius 1 is 1.54 bits per heavy atom. The summed E-state index contributed by atoms with van der Waals surface area (Å²) >= 11 is 0. The van der Waals surface area contributed by atoms with E-state index in [1.54, 1.807) is 0 Å². The number of halogens is 3. The van der Waals surface area contributed by atoms with Crippen molar-refractivity contribution in [3.05, 3.63) is 0 Å². The van der Waals surface area contributed by atoms with Gasteiger partial charge in [-0.2, -0.15) is 0 Å². The molecule has 0 radical (unpaired) electrons. The minimum absolute atomic E-state index is 0. The maximum atomic E-state index is 12.4. The Labute approximate surface area is 80.9 Å². The van der Waals surface area contributed by atoms with Crippen LogP contribution in [0.2, 0.25) is 0 Å². The highest BCUT2D eigenvalue weighted by Gasteiger charge is 2.48. The monoisotopic (exact) mass is 215 g/mol. The number of carboxylic acids is 1. The molecule has 1 rings (SSSR count). The molecule has 1 atom stereocenters. The number of piperidine rings is 1. The second kappa shape index (κ2) is 4.72. The average Bonchev–Trinajstić information content (AvgIpc) is 2.05. The second-order valence-corrected chi connectivity index (χ2v) is 3.04. The zero-order chi connectivity index (χ0) is 9.19. The number of alkyl halides is 2. The van der Waals surface area contributed by atoms with Gasteiger partial charge in [0.2, 0.25) is 0 Å². The molecular weight excluding hydrogens is 204 g/mol. The van der Waals surface area contributed by atoms with Crippen LogP contribution >= 0.6 is 12.4 Å². The standard InChI is InChI=1S/C7H11F2NO2.ClH/c8-5(9)7(6(11)12)2-1-3-10-4-7;/h5,10H,1-4H2,(H,11,12);1H. The molecule has 0 aromatic carbocycles. The number of hydrogen-bond donors (Lipinski definition) is 2. The molecule has 6 heteroatoms. The van der Waals surface area contributed by atoms with Crippen LogP contribution in [0.4, 0.5) is 8.78 Å². The van der Waals surface area contributed by atoms with Crippen molar-refractivity contribution in [1.29, 1.82) is 0 Å². The van der Waals surface area contributed by atoms with E-state index in [2.05, 4.69) is 5.32 Å². The third kappa shape index (κ3) is 2.28. The molecule has 0 aromatic rings. The average molecular weight is 216 g/mol. The SMILES string of the molecule is Cl.O=C(O)C1(C(F)F)CCCNC1. The van der Waals surface area contributed by atoms with Crippen molar-refractivity contribution < 1.29 is 18.7 Å². The first-order chi connectivity index (χ1) is 5.59. The number of rotatable bonds is 2. The molecule has 1 fully saturated rings. The molecule has 1 aliphatic heterocycles. The van der Waals surface area contributed by atoms with E-state index in [9.17, 15) is 13.6 Å². The summed E-state index contributed by atoms with van der Waals surface area (Å²) in [5.74, 6) is -1.40. The van der Waals surface area contributed by atoms with Crippen molar-refractivity contribution in [1.82, 2.24) is 5.32 Å². The summed E-state index contributed by atoms with van der Waals surface area (Å²) in [6.45, 7) is 0.502. The van der Waals surface area contributed by atoms with Crippen LogP contribution < -0.4 is 5.32 Å². The van der Waals surface area contributed by atoms with E-state index < -0.39 is 17.8 Å². The summed E-state index contributed by atoms with van der Waals surface area (Å²) in [7, 11) is 0. The van der Waals surface area contributed by atoms with Crippen LogP contribution in [0.15, 0.2) is 0 Å². The van der Waals surface area contributed by atoms with Crippen molar-refractivity contribution in [3.63, 3.8) is 0 Å². The van der Waals surface area contributed by atoms with Crippen LogP contribution in [0, 0.1) is 5.41 Å². The van der Waals surface area contributed by atoms with Gasteiger partial charge in [-0.3, -0.25) is 4.79 Å². The van der Waals surface area contributed by atoms with Gasteiger partial charge in [-0.05, 0) is 19.4 Å². The van der Waals surface area contributed by atoms with E-state index in [-0.39, 0.29) is 25.4 Å². The van der Waals surface area contributed by atoms with Crippen LogP contribution in [0.5, 0.6) is 0 Å². The normalized spacial score (nSPS) is 28.2. The van der Waals surface area contributed by atoms with E-state index in [1.165, 1.54) is 0 Å². The van der Waals surface area contributed by atoms with Gasteiger partial charge in [0.25, 0.3) is 6.43 Å². The van der Waals surface area contributed by atoms with Crippen molar-refractivity contribution in [2.75, 3.05) is 13.1 Å². The predicted octanol–water partition coefficient (Wildman–Crippen LogP) is 1.13. The molecule has 0 spiro atoms. The third-order valence-corrected chi connectivity index (χ3v) is 2.26. The number of aliphatic carboxylic acids is 1. The summed E-state index contributed by atoms with van der Waals surface area (Å²) in [5.41, 5.74) is -1.85. The first kappa shape index (κ1) is 12.6. The van der Waals surface area contributed by atoms with Gasteiger partial charge in [-0.1, -0.05) is 0 Å². The number of carboxylic acid groups (broad SMARTS) is 1. The van der Waals surface area contributed by atoms with Gasteiger partial charge in [-0.15, -0.1) is 12.4 Å². The van der Waals surface area contributed by atoms with Crippen LogP contribution in [0.1, 0.15) is 12.8 Å². The smallest absolute Gasteiger partial charge is 0.316 e. The lowest BCUT2D eigenvalue weighted by Gasteiger charge is -2.32. The fourth-order valence-electron chi connectivity index (χ4n) is 1.39. The van der Waals surface area contributed by atoms with Crippen LogP contribution in [0.25, 0.3) is 0 Å². The Bertz CT molecular complexity index is 183. The summed E-state index contributed by atoms with van der Waals surface area (Å²) < 4.78 is 24.8. The van der Waals surface area contributed by atoms with Crippen molar-refractivity contribution in [2.24, 2.45) is 5.41 Å². The maximum absolute atomic E-state index is 12.4. The Balaban J connectivity index is 0.00000144. The van der Waals surface area contributed by atoms with E-state index >= 15 is 0 Å². The molecule has 13 heavy (non-hydrogen) atoms. The molecule has 0 aromatic heterocycles. The van der Waals surface area contributed by atoms with Crippen molar-refractivity contribution >= 4 is 18.4 Å². The lowest BCUT2D eigenvalue weighted by molar-refractivity contribution is -0.161. The largest absolute Gasteiger partial charge is 0.481 e. The molecule has 0 amide bonds. The maximum Gasteiger partial charge on any atom is 0.316 e. The Kier molecular flexibility index (Phi) is 4.56. The number of hydrogen-bond acceptors (Lipinski definition) is 2. The highest BCUT2D eigenvalue weighted by atomic mass is 35.5. The molecule has 1 heterocycles. The summed E-state index contributed by atoms with van der Waals surface area (Å²) in [4.78, 5) is 10.6. The van der Waals surface area contributed by atoms with Gasteiger partial charge >= 0.3 is 5.97 Å². The second-order valence-electron chi connectivity index (χ2n) is 3.04. The van der Waals surface area contributed by atoms with E-state index in [0.29, 0.717) is 13.0 Å². The molecule has 3 nitrogen and oxygen atoms in total. The van der Waals surface area contributed by atoms with Gasteiger partial charge in [0.1, 0.15) is 5.41 Å². The molecule has 0 aliphatic carbocycles. The fourth-order valence-corrected chi connectivity index (χ4v) is 1.39.